The molecule has 0 saturated carbocycles. The molecule has 0 aliphatic heterocycles. The number of nitrogens with zero attached hydrogens (tertiary/aromatic N) is 3. The highest BCUT2D eigenvalue weighted by Gasteiger charge is 2.20. The minimum Gasteiger partial charge on any atom is -0.464 e. The zero-order valence-electron chi connectivity index (χ0n) is 13.3. The van der Waals surface area contributed by atoms with Crippen LogP contribution in [-0.4, -0.2) is 28.1 Å². The normalized spacial score (nSPS) is 10.8. The lowest BCUT2D eigenvalue weighted by molar-refractivity contribution is 0.195. The summed E-state index contributed by atoms with van der Waals surface area (Å²) in [6, 6.07) is 5.42. The average molecular weight is 356 g/mol. The molecule has 0 aliphatic carbocycles. The second kappa shape index (κ2) is 7.23. The molecule has 1 aromatic carbocycles. The molecule has 0 fully saturated rings. The van der Waals surface area contributed by atoms with E-state index < -0.39 is 6.09 Å². The van der Waals surface area contributed by atoms with Gasteiger partial charge < -0.3 is 5.11 Å². The maximum absolute atomic E-state index is 11.3. The Bertz CT molecular complexity index is 708. The number of hydrogen-bond donors (Lipinski definition) is 1. The summed E-state index contributed by atoms with van der Waals surface area (Å²) in [5, 5.41) is 15.9. The summed E-state index contributed by atoms with van der Waals surface area (Å²) >= 11 is 12.1. The lowest BCUT2D eigenvalue weighted by atomic mass is 10.0. The van der Waals surface area contributed by atoms with Crippen LogP contribution >= 0.6 is 23.2 Å². The van der Waals surface area contributed by atoms with Crippen LogP contribution in [0.2, 0.25) is 10.0 Å². The van der Waals surface area contributed by atoms with E-state index in [4.69, 9.17) is 23.2 Å². The molecule has 0 aliphatic rings. The smallest absolute Gasteiger partial charge is 0.427 e. The monoisotopic (exact) mass is 355 g/mol. The molecule has 0 atom stereocenters. The summed E-state index contributed by atoms with van der Waals surface area (Å²) < 4.78 is 0. The van der Waals surface area contributed by atoms with E-state index in [0.717, 1.165) is 33.9 Å². The Hall–Kier alpha value is -1.72. The molecule has 5 nitrogen and oxygen atoms in total. The van der Waals surface area contributed by atoms with E-state index in [-0.39, 0.29) is 0 Å². The first kappa shape index (κ1) is 17.6. The second-order valence-corrected chi connectivity index (χ2v) is 6.10. The first-order valence-electron chi connectivity index (χ1n) is 7.38. The molecule has 0 bridgehead atoms. The topological polar surface area (TPSA) is 58.4 Å². The molecular weight excluding hydrogens is 337 g/mol. The molecule has 1 N–H and O–H groups in total. The van der Waals surface area contributed by atoms with Crippen molar-refractivity contribution in [1.82, 2.24) is 9.89 Å². The van der Waals surface area contributed by atoms with Crippen molar-refractivity contribution >= 4 is 29.3 Å². The molecule has 124 valence electrons. The molecule has 23 heavy (non-hydrogen) atoms. The highest BCUT2D eigenvalue weighted by molar-refractivity contribution is 6.34. The number of benzene rings is 1. The van der Waals surface area contributed by atoms with Gasteiger partial charge in [0.15, 0.2) is 0 Å². The Morgan fingerprint density at radius 2 is 1.83 bits per heavy atom. The van der Waals surface area contributed by atoms with Crippen LogP contribution in [0.4, 0.5) is 4.79 Å². The van der Waals surface area contributed by atoms with Crippen molar-refractivity contribution in [1.29, 1.82) is 0 Å². The van der Waals surface area contributed by atoms with Crippen LogP contribution < -0.4 is 5.01 Å². The fourth-order valence-electron chi connectivity index (χ4n) is 2.61. The number of aromatic nitrogens is 2. The number of amides is 1. The van der Waals surface area contributed by atoms with Crippen molar-refractivity contribution in [3.63, 3.8) is 0 Å². The summed E-state index contributed by atoms with van der Waals surface area (Å²) in [5.74, 6) is 0. The van der Waals surface area contributed by atoms with Gasteiger partial charge in [-0.05, 0) is 36.6 Å². The standard InChI is InChI=1S/C16H19Cl2N3O2/c1-4-14-13(8-10-6-11(17)9-12(18)7-10)15(5-2)21(19-14)20(3)16(22)23/h6-7,9H,4-5,8H2,1-3H3,(H,22,23). The van der Waals surface area contributed by atoms with Gasteiger partial charge in [0.25, 0.3) is 0 Å². The highest BCUT2D eigenvalue weighted by Crippen LogP contribution is 2.25. The van der Waals surface area contributed by atoms with Gasteiger partial charge in [-0.3, -0.25) is 0 Å². The van der Waals surface area contributed by atoms with Gasteiger partial charge in [0, 0.05) is 29.1 Å². The van der Waals surface area contributed by atoms with Crippen LogP contribution in [0.5, 0.6) is 0 Å². The predicted octanol–water partition coefficient (Wildman–Crippen LogP) is 4.15. The van der Waals surface area contributed by atoms with Gasteiger partial charge in [-0.25, -0.2) is 9.80 Å². The lowest BCUT2D eigenvalue weighted by Gasteiger charge is -2.16. The minimum absolute atomic E-state index is 0.582. The van der Waals surface area contributed by atoms with Gasteiger partial charge in [0.05, 0.1) is 11.4 Å². The van der Waals surface area contributed by atoms with Crippen molar-refractivity contribution in [2.45, 2.75) is 33.1 Å². The molecule has 2 rings (SSSR count). The average Bonchev–Trinajstić information content (AvgIpc) is 2.82. The van der Waals surface area contributed by atoms with Crippen LogP contribution in [0.1, 0.15) is 36.4 Å². The third-order valence-corrected chi connectivity index (χ3v) is 4.12. The Balaban J connectivity index is 2.50. The zero-order valence-corrected chi connectivity index (χ0v) is 14.8. The molecule has 1 heterocycles. The third kappa shape index (κ3) is 3.79. The van der Waals surface area contributed by atoms with Gasteiger partial charge in [0.2, 0.25) is 0 Å². The first-order valence-corrected chi connectivity index (χ1v) is 8.14. The fourth-order valence-corrected chi connectivity index (χ4v) is 3.18. The number of carboxylic acid groups (broad SMARTS) is 1. The Morgan fingerprint density at radius 3 is 2.30 bits per heavy atom. The first-order chi connectivity index (χ1) is 10.9. The van der Waals surface area contributed by atoms with Gasteiger partial charge in [0.1, 0.15) is 0 Å². The molecule has 0 spiro atoms. The summed E-state index contributed by atoms with van der Waals surface area (Å²) in [4.78, 5) is 12.7. The second-order valence-electron chi connectivity index (χ2n) is 5.23. The van der Waals surface area contributed by atoms with Crippen molar-refractivity contribution < 1.29 is 9.90 Å². The maximum atomic E-state index is 11.3. The molecule has 7 heteroatoms. The lowest BCUT2D eigenvalue weighted by Crippen LogP contribution is -2.37. The summed E-state index contributed by atoms with van der Waals surface area (Å²) in [7, 11) is 1.48. The summed E-state index contributed by atoms with van der Waals surface area (Å²) in [6.07, 6.45) is 0.952. The van der Waals surface area contributed by atoms with Crippen molar-refractivity contribution in [3.8, 4) is 0 Å². The van der Waals surface area contributed by atoms with Gasteiger partial charge in [-0.2, -0.15) is 9.89 Å². The number of aryl methyl sites for hydroxylation is 1. The number of halogens is 2. The van der Waals surface area contributed by atoms with E-state index in [2.05, 4.69) is 5.10 Å². The molecule has 0 radical (unpaired) electrons. The van der Waals surface area contributed by atoms with Crippen LogP contribution in [-0.2, 0) is 19.3 Å². The van der Waals surface area contributed by atoms with Gasteiger partial charge >= 0.3 is 6.09 Å². The van der Waals surface area contributed by atoms with Crippen LogP contribution in [0, 0.1) is 0 Å². The van der Waals surface area contributed by atoms with Crippen LogP contribution in [0.25, 0.3) is 0 Å². The van der Waals surface area contributed by atoms with Crippen LogP contribution in [0.3, 0.4) is 0 Å². The zero-order chi connectivity index (χ0) is 17.1. The molecule has 1 aromatic heterocycles. The fraction of sp³-hybridized carbons (Fsp3) is 0.375. The van der Waals surface area contributed by atoms with E-state index in [1.807, 2.05) is 26.0 Å². The molecule has 1 amide bonds. The minimum atomic E-state index is -1.05. The SMILES string of the molecule is CCc1nn(N(C)C(=O)O)c(CC)c1Cc1cc(Cl)cc(Cl)c1. The van der Waals surface area contributed by atoms with E-state index in [0.29, 0.717) is 22.9 Å². The van der Waals surface area contributed by atoms with E-state index in [1.54, 1.807) is 6.07 Å². The van der Waals surface area contributed by atoms with Crippen LogP contribution in [0.15, 0.2) is 18.2 Å². The predicted molar refractivity (Wildman–Crippen MR) is 92.4 cm³/mol. The Kier molecular flexibility index (Phi) is 5.55. The molecule has 2 aromatic rings. The summed E-state index contributed by atoms with van der Waals surface area (Å²) in [5.41, 5.74) is 3.76. The van der Waals surface area contributed by atoms with E-state index in [1.165, 1.54) is 11.8 Å². The van der Waals surface area contributed by atoms with Crippen molar-refractivity contribution in [2.75, 3.05) is 12.1 Å². The maximum Gasteiger partial charge on any atom is 0.427 e. The largest absolute Gasteiger partial charge is 0.464 e. The highest BCUT2D eigenvalue weighted by atomic mass is 35.5. The van der Waals surface area contributed by atoms with Crippen molar-refractivity contribution in [2.24, 2.45) is 0 Å². The molecule has 0 saturated heterocycles. The van der Waals surface area contributed by atoms with Crippen molar-refractivity contribution in [3.05, 3.63) is 50.8 Å². The van der Waals surface area contributed by atoms with Gasteiger partial charge in [-0.1, -0.05) is 37.0 Å². The van der Waals surface area contributed by atoms with E-state index in [9.17, 15) is 9.90 Å². The third-order valence-electron chi connectivity index (χ3n) is 3.69. The quantitative estimate of drug-likeness (QED) is 0.876. The molecule has 0 unspecified atom stereocenters. The Labute approximate surface area is 145 Å². The Morgan fingerprint density at radius 1 is 1.22 bits per heavy atom. The number of carbonyl (C=O) groups is 1. The number of hydrogen-bond acceptors (Lipinski definition) is 2. The summed E-state index contributed by atoms with van der Waals surface area (Å²) in [6.45, 7) is 3.98. The number of rotatable bonds is 5. The molecular formula is C16H19Cl2N3O2. The van der Waals surface area contributed by atoms with Gasteiger partial charge in [-0.15, -0.1) is 0 Å². The van der Waals surface area contributed by atoms with E-state index >= 15 is 0 Å².